The van der Waals surface area contributed by atoms with Gasteiger partial charge in [-0.3, -0.25) is 0 Å². The number of carboxylic acid groups (broad SMARTS) is 1. The molecule has 0 saturated carbocycles. The van der Waals surface area contributed by atoms with E-state index in [-0.39, 0.29) is 5.69 Å². The molecule has 0 unspecified atom stereocenters. The fourth-order valence-electron chi connectivity index (χ4n) is 1.43. The molecular weight excluding hydrogens is 238 g/mol. The second-order valence-electron chi connectivity index (χ2n) is 2.81. The maximum absolute atomic E-state index is 10.8. The van der Waals surface area contributed by atoms with E-state index in [2.05, 4.69) is 26.2 Å². The third-order valence-electron chi connectivity index (χ3n) is 2.03. The molecule has 0 fully saturated rings. The van der Waals surface area contributed by atoms with E-state index in [9.17, 15) is 4.79 Å². The predicted octanol–water partition coefficient (Wildman–Crippen LogP) is 0.447. The Morgan fingerprint density at radius 2 is 2.46 bits per heavy atom. The summed E-state index contributed by atoms with van der Waals surface area (Å²) in [5.74, 6) is -0.974. The molecule has 2 N–H and O–H groups in total. The van der Waals surface area contributed by atoms with Crippen molar-refractivity contribution in [2.75, 3.05) is 6.54 Å². The highest BCUT2D eigenvalue weighted by Crippen LogP contribution is 2.18. The summed E-state index contributed by atoms with van der Waals surface area (Å²) >= 11 is 3.23. The molecule has 0 spiro atoms. The minimum atomic E-state index is -0.974. The molecule has 1 aromatic rings. The lowest BCUT2D eigenvalue weighted by molar-refractivity contribution is 0.0689. The van der Waals surface area contributed by atoms with Gasteiger partial charge in [0, 0.05) is 19.6 Å². The summed E-state index contributed by atoms with van der Waals surface area (Å²) in [5, 5.41) is 11.9. The zero-order chi connectivity index (χ0) is 9.42. The first-order valence-electron chi connectivity index (χ1n) is 3.89. The third-order valence-corrected chi connectivity index (χ3v) is 2.64. The van der Waals surface area contributed by atoms with Crippen LogP contribution in [0.4, 0.5) is 0 Å². The van der Waals surface area contributed by atoms with Crippen LogP contribution in [0.2, 0.25) is 0 Å². The Balaban J connectivity index is 2.53. The van der Waals surface area contributed by atoms with E-state index in [0.29, 0.717) is 11.3 Å². The average Bonchev–Trinajstić information content (AvgIpc) is 2.45. The highest BCUT2D eigenvalue weighted by molar-refractivity contribution is 9.10. The van der Waals surface area contributed by atoms with Crippen molar-refractivity contribution < 1.29 is 9.90 Å². The smallest absolute Gasteiger partial charge is 0.356 e. The zero-order valence-corrected chi connectivity index (χ0v) is 8.34. The summed E-state index contributed by atoms with van der Waals surface area (Å²) in [5.41, 5.74) is 0.879. The van der Waals surface area contributed by atoms with Gasteiger partial charge < -0.3 is 15.0 Å². The van der Waals surface area contributed by atoms with Crippen LogP contribution in [0.5, 0.6) is 0 Å². The maximum Gasteiger partial charge on any atom is 0.356 e. The highest BCUT2D eigenvalue weighted by Gasteiger charge is 2.22. The van der Waals surface area contributed by atoms with Gasteiger partial charge in [0.25, 0.3) is 0 Å². The fraction of sp³-hybridized carbons (Fsp3) is 0.429. The number of fused-ring (bicyclic) bond motifs is 1. The van der Waals surface area contributed by atoms with Crippen LogP contribution in [-0.4, -0.2) is 27.2 Å². The molecule has 1 aromatic heterocycles. The Labute approximate surface area is 82.9 Å². The molecule has 70 valence electrons. The van der Waals surface area contributed by atoms with Crippen LogP contribution in [-0.2, 0) is 13.1 Å². The molecule has 0 atom stereocenters. The highest BCUT2D eigenvalue weighted by atomic mass is 79.9. The van der Waals surface area contributed by atoms with E-state index in [4.69, 9.17) is 5.11 Å². The van der Waals surface area contributed by atoms with E-state index in [1.807, 2.05) is 4.57 Å². The number of nitrogens with zero attached hydrogens (tertiary/aromatic N) is 2. The standard InChI is InChI=1S/C7H8BrN3O2/c8-7-10-5(6(12)13)4-3-9-1-2-11(4)7/h9H,1-3H2,(H,12,13). The molecular formula is C7H8BrN3O2. The lowest BCUT2D eigenvalue weighted by atomic mass is 10.3. The second-order valence-corrected chi connectivity index (χ2v) is 3.52. The molecule has 0 saturated heterocycles. The Bertz CT molecular complexity index is 361. The van der Waals surface area contributed by atoms with Crippen LogP contribution in [0.25, 0.3) is 0 Å². The summed E-state index contributed by atoms with van der Waals surface area (Å²) in [6, 6.07) is 0. The first kappa shape index (κ1) is 8.71. The van der Waals surface area contributed by atoms with Gasteiger partial charge in [0.15, 0.2) is 10.4 Å². The molecule has 0 aromatic carbocycles. The number of hydrogen-bond acceptors (Lipinski definition) is 3. The number of halogens is 1. The van der Waals surface area contributed by atoms with Crippen LogP contribution >= 0.6 is 15.9 Å². The van der Waals surface area contributed by atoms with Crippen molar-refractivity contribution in [2.24, 2.45) is 0 Å². The van der Waals surface area contributed by atoms with Crippen molar-refractivity contribution in [3.05, 3.63) is 16.1 Å². The summed E-state index contributed by atoms with van der Waals surface area (Å²) in [6.45, 7) is 2.18. The van der Waals surface area contributed by atoms with Gasteiger partial charge in [0.05, 0.1) is 5.69 Å². The molecule has 1 aliphatic rings. The minimum absolute atomic E-state index is 0.138. The molecule has 0 radical (unpaired) electrons. The molecule has 0 aliphatic carbocycles. The number of aromatic carboxylic acids is 1. The number of carbonyl (C=O) groups is 1. The third kappa shape index (κ3) is 1.36. The van der Waals surface area contributed by atoms with E-state index in [1.54, 1.807) is 0 Å². The summed E-state index contributed by atoms with van der Waals surface area (Å²) in [7, 11) is 0. The van der Waals surface area contributed by atoms with Crippen LogP contribution in [0.3, 0.4) is 0 Å². The second kappa shape index (κ2) is 3.12. The summed E-state index contributed by atoms with van der Waals surface area (Å²) in [4.78, 5) is 14.7. The molecule has 0 bridgehead atoms. The van der Waals surface area contributed by atoms with Crippen LogP contribution in [0.1, 0.15) is 16.2 Å². The zero-order valence-electron chi connectivity index (χ0n) is 6.75. The molecule has 5 nitrogen and oxygen atoms in total. The molecule has 0 amide bonds. The van der Waals surface area contributed by atoms with Gasteiger partial charge in [0.2, 0.25) is 0 Å². The van der Waals surface area contributed by atoms with Crippen molar-refractivity contribution in [1.82, 2.24) is 14.9 Å². The number of rotatable bonds is 1. The van der Waals surface area contributed by atoms with Crippen molar-refractivity contribution in [1.29, 1.82) is 0 Å². The fourth-order valence-corrected chi connectivity index (χ4v) is 2.00. The number of imidazole rings is 1. The maximum atomic E-state index is 10.8. The number of hydrogen-bond donors (Lipinski definition) is 2. The number of nitrogens with one attached hydrogen (secondary N) is 1. The van der Waals surface area contributed by atoms with Crippen molar-refractivity contribution in [3.63, 3.8) is 0 Å². The van der Waals surface area contributed by atoms with E-state index >= 15 is 0 Å². The largest absolute Gasteiger partial charge is 0.476 e. The van der Waals surface area contributed by atoms with Gasteiger partial charge in [-0.2, -0.15) is 0 Å². The van der Waals surface area contributed by atoms with Gasteiger partial charge >= 0.3 is 5.97 Å². The lowest BCUT2D eigenvalue weighted by Gasteiger charge is -2.16. The topological polar surface area (TPSA) is 67.1 Å². The normalized spacial score (nSPS) is 15.5. The lowest BCUT2D eigenvalue weighted by Crippen LogP contribution is -2.28. The van der Waals surface area contributed by atoms with Gasteiger partial charge in [-0.05, 0) is 15.9 Å². The molecule has 2 heterocycles. The first-order valence-corrected chi connectivity index (χ1v) is 4.68. The van der Waals surface area contributed by atoms with Gasteiger partial charge in [-0.1, -0.05) is 0 Å². The van der Waals surface area contributed by atoms with Crippen LogP contribution in [0.15, 0.2) is 4.73 Å². The quantitative estimate of drug-likeness (QED) is 0.754. The SMILES string of the molecule is O=C(O)c1nc(Br)n2c1CNCC2. The Hall–Kier alpha value is -0.880. The number of carboxylic acids is 1. The summed E-state index contributed by atoms with van der Waals surface area (Å²) < 4.78 is 2.47. The minimum Gasteiger partial charge on any atom is -0.476 e. The Morgan fingerprint density at radius 1 is 1.69 bits per heavy atom. The van der Waals surface area contributed by atoms with Crippen LogP contribution < -0.4 is 5.32 Å². The van der Waals surface area contributed by atoms with Gasteiger partial charge in [-0.15, -0.1) is 0 Å². The predicted molar refractivity (Wildman–Crippen MR) is 48.6 cm³/mol. The van der Waals surface area contributed by atoms with Crippen molar-refractivity contribution in [3.8, 4) is 0 Å². The first-order chi connectivity index (χ1) is 6.20. The van der Waals surface area contributed by atoms with E-state index < -0.39 is 5.97 Å². The van der Waals surface area contributed by atoms with Gasteiger partial charge in [-0.25, -0.2) is 9.78 Å². The van der Waals surface area contributed by atoms with Gasteiger partial charge in [0.1, 0.15) is 0 Å². The monoisotopic (exact) mass is 245 g/mol. The number of aromatic nitrogens is 2. The Kier molecular flexibility index (Phi) is 2.09. The molecule has 13 heavy (non-hydrogen) atoms. The van der Waals surface area contributed by atoms with Crippen molar-refractivity contribution in [2.45, 2.75) is 13.1 Å². The van der Waals surface area contributed by atoms with E-state index in [0.717, 1.165) is 18.8 Å². The average molecular weight is 246 g/mol. The van der Waals surface area contributed by atoms with E-state index in [1.165, 1.54) is 0 Å². The summed E-state index contributed by atoms with van der Waals surface area (Å²) in [6.07, 6.45) is 0. The van der Waals surface area contributed by atoms with Crippen molar-refractivity contribution >= 4 is 21.9 Å². The molecule has 2 rings (SSSR count). The Morgan fingerprint density at radius 3 is 3.15 bits per heavy atom. The molecule has 1 aliphatic heterocycles. The van der Waals surface area contributed by atoms with Crippen LogP contribution in [0, 0.1) is 0 Å². The molecule has 6 heteroatoms.